The Morgan fingerprint density at radius 1 is 1.36 bits per heavy atom. The molecule has 2 atom stereocenters. The predicted molar refractivity (Wildman–Crippen MR) is 90.0 cm³/mol. The third-order valence-corrected chi connectivity index (χ3v) is 5.55. The van der Waals surface area contributed by atoms with Gasteiger partial charge in [0, 0.05) is 25.8 Å². The van der Waals surface area contributed by atoms with Gasteiger partial charge in [0.25, 0.3) is 5.91 Å². The number of nitrogens with one attached hydrogen (secondary N) is 1. The van der Waals surface area contributed by atoms with Gasteiger partial charge < -0.3 is 9.64 Å². The van der Waals surface area contributed by atoms with Crippen LogP contribution in [0.25, 0.3) is 0 Å². The van der Waals surface area contributed by atoms with Crippen LogP contribution < -0.4 is 0 Å². The van der Waals surface area contributed by atoms with E-state index in [1.807, 2.05) is 16.5 Å². The van der Waals surface area contributed by atoms with Crippen LogP contribution in [0.3, 0.4) is 0 Å². The maximum absolute atomic E-state index is 13.2. The number of methoxy groups -OCH3 is 1. The van der Waals surface area contributed by atoms with E-state index in [1.54, 1.807) is 13.3 Å². The van der Waals surface area contributed by atoms with Crippen molar-refractivity contribution in [3.63, 3.8) is 0 Å². The average molecular weight is 344 g/mol. The average Bonchev–Trinajstić information content (AvgIpc) is 3.38. The van der Waals surface area contributed by atoms with Crippen molar-refractivity contribution in [1.82, 2.24) is 29.9 Å². The summed E-state index contributed by atoms with van der Waals surface area (Å²) >= 11 is 0. The van der Waals surface area contributed by atoms with Gasteiger partial charge in [-0.05, 0) is 19.8 Å². The van der Waals surface area contributed by atoms with Crippen molar-refractivity contribution >= 4 is 5.91 Å². The smallest absolute Gasteiger partial charge is 0.258 e. The Hall–Kier alpha value is -2.22. The van der Waals surface area contributed by atoms with Crippen LogP contribution >= 0.6 is 0 Å². The summed E-state index contributed by atoms with van der Waals surface area (Å²) < 4.78 is 7.53. The standard InChI is InChI=1S/C17H24N6O2/c1-11-14(8-20-23(11)12-5-3-4-6-12)17(24)22-9-13(25-2)7-15(22)16-18-10-19-21-16/h8,10,12-13,15H,3-7,9H2,1-2H3,(H,18,19,21)/t13-,15+/m1/s1. The lowest BCUT2D eigenvalue weighted by Gasteiger charge is -2.22. The van der Waals surface area contributed by atoms with Crippen molar-refractivity contribution in [1.29, 1.82) is 0 Å². The van der Waals surface area contributed by atoms with Gasteiger partial charge in [-0.25, -0.2) is 4.98 Å². The van der Waals surface area contributed by atoms with Gasteiger partial charge in [0.1, 0.15) is 12.2 Å². The fraction of sp³-hybridized carbons (Fsp3) is 0.647. The molecular formula is C17H24N6O2. The molecule has 1 saturated heterocycles. The molecule has 1 saturated carbocycles. The van der Waals surface area contributed by atoms with Crippen molar-refractivity contribution in [2.75, 3.05) is 13.7 Å². The van der Waals surface area contributed by atoms with E-state index in [2.05, 4.69) is 20.3 Å². The Morgan fingerprint density at radius 2 is 2.16 bits per heavy atom. The summed E-state index contributed by atoms with van der Waals surface area (Å²) in [5.74, 6) is 0.691. The van der Waals surface area contributed by atoms with E-state index in [1.165, 1.54) is 19.2 Å². The highest BCUT2D eigenvalue weighted by molar-refractivity contribution is 5.95. The number of carbonyl (C=O) groups excluding carboxylic acids is 1. The van der Waals surface area contributed by atoms with Crippen LogP contribution in [0, 0.1) is 6.92 Å². The zero-order valence-electron chi connectivity index (χ0n) is 14.7. The number of nitrogens with zero attached hydrogens (tertiary/aromatic N) is 5. The van der Waals surface area contributed by atoms with E-state index in [9.17, 15) is 4.79 Å². The second-order valence-electron chi connectivity index (χ2n) is 6.96. The number of amides is 1. The minimum atomic E-state index is -0.144. The molecule has 2 aromatic rings. The van der Waals surface area contributed by atoms with E-state index < -0.39 is 0 Å². The lowest BCUT2D eigenvalue weighted by molar-refractivity contribution is 0.0683. The molecule has 2 aliphatic rings. The van der Waals surface area contributed by atoms with Crippen molar-refractivity contribution in [2.45, 2.75) is 57.2 Å². The molecule has 4 rings (SSSR count). The van der Waals surface area contributed by atoms with Crippen LogP contribution in [0.15, 0.2) is 12.5 Å². The lowest BCUT2D eigenvalue weighted by Crippen LogP contribution is -2.32. The summed E-state index contributed by atoms with van der Waals surface area (Å²) in [6.45, 7) is 2.54. The third-order valence-electron chi connectivity index (χ3n) is 5.55. The first-order valence-electron chi connectivity index (χ1n) is 8.92. The maximum atomic E-state index is 13.2. The Labute approximate surface area is 146 Å². The summed E-state index contributed by atoms with van der Waals surface area (Å²) in [7, 11) is 1.68. The first-order valence-corrected chi connectivity index (χ1v) is 8.92. The molecule has 134 valence electrons. The van der Waals surface area contributed by atoms with E-state index in [-0.39, 0.29) is 18.1 Å². The summed E-state index contributed by atoms with van der Waals surface area (Å²) in [6, 6.07) is 0.283. The predicted octanol–water partition coefficient (Wildman–Crippen LogP) is 2.03. The number of hydrogen-bond acceptors (Lipinski definition) is 5. The highest BCUT2D eigenvalue weighted by Crippen LogP contribution is 2.34. The van der Waals surface area contributed by atoms with Crippen molar-refractivity contribution in [3.8, 4) is 0 Å². The molecule has 0 radical (unpaired) electrons. The summed E-state index contributed by atoms with van der Waals surface area (Å²) in [6.07, 6.45) is 8.68. The van der Waals surface area contributed by atoms with Gasteiger partial charge in [0.05, 0.1) is 29.9 Å². The molecule has 0 unspecified atom stereocenters. The number of aromatic amines is 1. The zero-order valence-corrected chi connectivity index (χ0v) is 14.7. The molecule has 1 N–H and O–H groups in total. The molecule has 0 spiro atoms. The first-order chi connectivity index (χ1) is 12.2. The van der Waals surface area contributed by atoms with E-state index in [0.717, 1.165) is 18.5 Å². The van der Waals surface area contributed by atoms with Gasteiger partial charge in [-0.2, -0.15) is 10.2 Å². The molecular weight excluding hydrogens is 320 g/mol. The molecule has 25 heavy (non-hydrogen) atoms. The van der Waals surface area contributed by atoms with Crippen molar-refractivity contribution in [2.24, 2.45) is 0 Å². The first kappa shape index (κ1) is 16.3. The lowest BCUT2D eigenvalue weighted by atomic mass is 10.1. The summed E-state index contributed by atoms with van der Waals surface area (Å²) in [5, 5.41) is 11.3. The molecule has 1 aliphatic heterocycles. The summed E-state index contributed by atoms with van der Waals surface area (Å²) in [4.78, 5) is 19.3. The minimum Gasteiger partial charge on any atom is -0.380 e. The number of hydrogen-bond donors (Lipinski definition) is 1. The van der Waals surface area contributed by atoms with Gasteiger partial charge in [-0.1, -0.05) is 12.8 Å². The van der Waals surface area contributed by atoms with Gasteiger partial charge >= 0.3 is 0 Å². The Balaban J connectivity index is 1.61. The number of ether oxygens (including phenoxy) is 1. The van der Waals surface area contributed by atoms with Gasteiger partial charge in [-0.15, -0.1) is 0 Å². The second kappa shape index (κ2) is 6.59. The van der Waals surface area contributed by atoms with Crippen LogP contribution in [0.4, 0.5) is 0 Å². The molecule has 1 amide bonds. The normalized spacial score (nSPS) is 24.3. The van der Waals surface area contributed by atoms with Crippen molar-refractivity contribution < 1.29 is 9.53 Å². The molecule has 8 nitrogen and oxygen atoms in total. The number of likely N-dealkylation sites (tertiary alicyclic amines) is 1. The molecule has 3 heterocycles. The third kappa shape index (κ3) is 2.84. The molecule has 2 aromatic heterocycles. The van der Waals surface area contributed by atoms with Crippen LogP contribution in [-0.2, 0) is 4.74 Å². The number of H-pyrrole nitrogens is 1. The van der Waals surface area contributed by atoms with Crippen LogP contribution in [-0.4, -0.2) is 55.5 Å². The molecule has 0 bridgehead atoms. The zero-order chi connectivity index (χ0) is 17.4. The molecule has 1 aliphatic carbocycles. The van der Waals surface area contributed by atoms with Crippen LogP contribution in [0.1, 0.15) is 66.1 Å². The SMILES string of the molecule is CO[C@@H]1C[C@@H](c2ncn[nH]2)N(C(=O)c2cnn(C3CCCC3)c2C)C1. The quantitative estimate of drug-likeness (QED) is 0.917. The Kier molecular flexibility index (Phi) is 4.29. The Bertz CT molecular complexity index is 734. The number of aromatic nitrogens is 5. The maximum Gasteiger partial charge on any atom is 0.258 e. The van der Waals surface area contributed by atoms with Gasteiger partial charge in [0.2, 0.25) is 0 Å². The molecule has 2 fully saturated rings. The van der Waals surface area contributed by atoms with Crippen LogP contribution in [0.5, 0.6) is 0 Å². The van der Waals surface area contributed by atoms with Crippen molar-refractivity contribution in [3.05, 3.63) is 29.6 Å². The summed E-state index contributed by atoms with van der Waals surface area (Å²) in [5.41, 5.74) is 1.63. The monoisotopic (exact) mass is 344 g/mol. The van der Waals surface area contributed by atoms with Gasteiger partial charge in [0.15, 0.2) is 0 Å². The fourth-order valence-corrected chi connectivity index (χ4v) is 4.13. The fourth-order valence-electron chi connectivity index (χ4n) is 4.13. The van der Waals surface area contributed by atoms with Gasteiger partial charge in [-0.3, -0.25) is 14.6 Å². The second-order valence-corrected chi connectivity index (χ2v) is 6.96. The Morgan fingerprint density at radius 3 is 2.84 bits per heavy atom. The molecule has 8 heteroatoms. The molecule has 0 aromatic carbocycles. The van der Waals surface area contributed by atoms with E-state index >= 15 is 0 Å². The topological polar surface area (TPSA) is 88.9 Å². The number of carbonyl (C=O) groups is 1. The van der Waals surface area contributed by atoms with E-state index in [4.69, 9.17) is 4.74 Å². The van der Waals surface area contributed by atoms with E-state index in [0.29, 0.717) is 30.4 Å². The highest BCUT2D eigenvalue weighted by atomic mass is 16.5. The largest absolute Gasteiger partial charge is 0.380 e. The highest BCUT2D eigenvalue weighted by Gasteiger charge is 2.39. The van der Waals surface area contributed by atoms with Crippen LogP contribution in [0.2, 0.25) is 0 Å². The minimum absolute atomic E-state index is 0.00392. The number of rotatable bonds is 4.